The molecule has 0 radical (unpaired) electrons. The van der Waals surface area contributed by atoms with E-state index in [-0.39, 0.29) is 6.03 Å². The van der Waals surface area contributed by atoms with Crippen LogP contribution in [0.3, 0.4) is 0 Å². The third-order valence-electron chi connectivity index (χ3n) is 2.22. The van der Waals surface area contributed by atoms with E-state index in [1.165, 1.54) is 0 Å². The minimum atomic E-state index is 0.0486. The van der Waals surface area contributed by atoms with Gasteiger partial charge in [-0.15, -0.1) is 0 Å². The Labute approximate surface area is 65.6 Å². The second-order valence-corrected chi connectivity index (χ2v) is 2.86. The van der Waals surface area contributed by atoms with Gasteiger partial charge in [-0.2, -0.15) is 0 Å². The highest BCUT2D eigenvalue weighted by atomic mass is 16.2. The summed E-state index contributed by atoms with van der Waals surface area (Å²) >= 11 is 0. The first kappa shape index (κ1) is 6.52. The molecule has 2 saturated heterocycles. The van der Waals surface area contributed by atoms with Crippen molar-refractivity contribution in [3.63, 3.8) is 0 Å². The molecule has 0 aromatic rings. The Hall–Kier alpha value is -1.19. The number of nitrogens with zero attached hydrogens (tertiary/aromatic N) is 3. The SMILES string of the molecule is C=C1N(C)C(=O)N2CCCN12. The molecule has 2 fully saturated rings. The van der Waals surface area contributed by atoms with Gasteiger partial charge >= 0.3 is 6.03 Å². The van der Waals surface area contributed by atoms with Crippen molar-refractivity contribution < 1.29 is 4.79 Å². The molecule has 0 bridgehead atoms. The van der Waals surface area contributed by atoms with Gasteiger partial charge in [0.15, 0.2) is 0 Å². The fraction of sp³-hybridized carbons (Fsp3) is 0.571. The van der Waals surface area contributed by atoms with Crippen LogP contribution in [0.2, 0.25) is 0 Å². The quantitative estimate of drug-likeness (QED) is 0.505. The van der Waals surface area contributed by atoms with Gasteiger partial charge in [-0.25, -0.2) is 9.80 Å². The van der Waals surface area contributed by atoms with E-state index < -0.39 is 0 Å². The second-order valence-electron chi connectivity index (χ2n) is 2.86. The summed E-state index contributed by atoms with van der Waals surface area (Å²) in [5, 5.41) is 3.67. The molecular weight excluding hydrogens is 142 g/mol. The highest BCUT2D eigenvalue weighted by molar-refractivity contribution is 5.78. The van der Waals surface area contributed by atoms with Gasteiger partial charge in [-0.3, -0.25) is 9.91 Å². The van der Waals surface area contributed by atoms with Gasteiger partial charge in [0.1, 0.15) is 5.82 Å². The number of amides is 2. The Morgan fingerprint density at radius 1 is 1.36 bits per heavy atom. The van der Waals surface area contributed by atoms with Crippen LogP contribution in [-0.2, 0) is 0 Å². The molecule has 4 heteroatoms. The van der Waals surface area contributed by atoms with Crippen molar-refractivity contribution >= 4 is 6.03 Å². The third kappa shape index (κ3) is 0.664. The van der Waals surface area contributed by atoms with Crippen LogP contribution < -0.4 is 0 Å². The Bertz CT molecular complexity index is 204. The van der Waals surface area contributed by atoms with Crippen molar-refractivity contribution in [2.24, 2.45) is 0 Å². The molecule has 0 aromatic heterocycles. The van der Waals surface area contributed by atoms with E-state index in [1.54, 1.807) is 17.0 Å². The lowest BCUT2D eigenvalue weighted by Crippen LogP contribution is -2.31. The molecule has 2 aliphatic heterocycles. The number of hydrazine groups is 1. The van der Waals surface area contributed by atoms with E-state index in [0.717, 1.165) is 25.3 Å². The van der Waals surface area contributed by atoms with Crippen molar-refractivity contribution in [1.82, 2.24) is 14.9 Å². The first-order valence-corrected chi connectivity index (χ1v) is 3.73. The second kappa shape index (κ2) is 1.90. The van der Waals surface area contributed by atoms with E-state index in [4.69, 9.17) is 0 Å². The zero-order valence-electron chi connectivity index (χ0n) is 6.58. The lowest BCUT2D eigenvalue weighted by atomic mass is 10.4. The maximum Gasteiger partial charge on any atom is 0.344 e. The number of fused-ring (bicyclic) bond motifs is 1. The minimum Gasteiger partial charge on any atom is -0.281 e. The Morgan fingerprint density at radius 3 is 2.64 bits per heavy atom. The molecule has 0 spiro atoms. The smallest absolute Gasteiger partial charge is 0.281 e. The monoisotopic (exact) mass is 153 g/mol. The summed E-state index contributed by atoms with van der Waals surface area (Å²) in [4.78, 5) is 12.9. The van der Waals surface area contributed by atoms with Gasteiger partial charge in [0.05, 0.1) is 0 Å². The molecule has 0 unspecified atom stereocenters. The van der Waals surface area contributed by atoms with Gasteiger partial charge in [-0.1, -0.05) is 6.58 Å². The van der Waals surface area contributed by atoms with Crippen LogP contribution in [0.1, 0.15) is 6.42 Å². The van der Waals surface area contributed by atoms with Crippen LogP contribution >= 0.6 is 0 Å². The molecule has 11 heavy (non-hydrogen) atoms. The van der Waals surface area contributed by atoms with E-state index in [2.05, 4.69) is 6.58 Å². The number of carbonyl (C=O) groups excluding carboxylic acids is 1. The number of rotatable bonds is 0. The summed E-state index contributed by atoms with van der Waals surface area (Å²) in [5.41, 5.74) is 0. The summed E-state index contributed by atoms with van der Waals surface area (Å²) in [5.74, 6) is 0.799. The largest absolute Gasteiger partial charge is 0.344 e. The summed E-state index contributed by atoms with van der Waals surface area (Å²) in [6, 6.07) is 0.0486. The molecule has 0 atom stereocenters. The molecular formula is C7H11N3O. The predicted molar refractivity (Wildman–Crippen MR) is 40.3 cm³/mol. The fourth-order valence-electron chi connectivity index (χ4n) is 1.54. The number of carbonyl (C=O) groups is 1. The van der Waals surface area contributed by atoms with Crippen molar-refractivity contribution in [3.8, 4) is 0 Å². The molecule has 0 aromatic carbocycles. The average molecular weight is 153 g/mol. The van der Waals surface area contributed by atoms with Gasteiger partial charge in [0.2, 0.25) is 0 Å². The van der Waals surface area contributed by atoms with E-state index in [9.17, 15) is 4.79 Å². The van der Waals surface area contributed by atoms with Crippen LogP contribution in [0.25, 0.3) is 0 Å². The summed E-state index contributed by atoms with van der Waals surface area (Å²) in [6.07, 6.45) is 1.05. The summed E-state index contributed by atoms with van der Waals surface area (Å²) in [6.45, 7) is 5.58. The highest BCUT2D eigenvalue weighted by Gasteiger charge is 2.38. The first-order valence-electron chi connectivity index (χ1n) is 3.73. The maximum atomic E-state index is 11.3. The van der Waals surface area contributed by atoms with Gasteiger partial charge in [0, 0.05) is 20.1 Å². The molecule has 2 heterocycles. The molecule has 2 aliphatic rings. The molecule has 2 amide bonds. The first-order chi connectivity index (χ1) is 5.22. The minimum absolute atomic E-state index is 0.0486. The molecule has 0 N–H and O–H groups in total. The number of urea groups is 1. The Morgan fingerprint density at radius 2 is 2.00 bits per heavy atom. The van der Waals surface area contributed by atoms with Crippen LogP contribution in [0.15, 0.2) is 12.4 Å². The third-order valence-corrected chi connectivity index (χ3v) is 2.22. The summed E-state index contributed by atoms with van der Waals surface area (Å²) < 4.78 is 0. The van der Waals surface area contributed by atoms with Crippen molar-refractivity contribution in [2.45, 2.75) is 6.42 Å². The summed E-state index contributed by atoms with van der Waals surface area (Å²) in [7, 11) is 1.75. The molecule has 60 valence electrons. The Balaban J connectivity index is 2.30. The van der Waals surface area contributed by atoms with Gasteiger partial charge in [0.25, 0.3) is 0 Å². The van der Waals surface area contributed by atoms with E-state index in [0.29, 0.717) is 0 Å². The lowest BCUT2D eigenvalue weighted by Gasteiger charge is -2.17. The molecule has 0 saturated carbocycles. The highest BCUT2D eigenvalue weighted by Crippen LogP contribution is 2.26. The van der Waals surface area contributed by atoms with Crippen LogP contribution in [0.4, 0.5) is 4.79 Å². The van der Waals surface area contributed by atoms with Crippen molar-refractivity contribution in [2.75, 3.05) is 20.1 Å². The van der Waals surface area contributed by atoms with Gasteiger partial charge < -0.3 is 0 Å². The maximum absolute atomic E-state index is 11.3. The average Bonchev–Trinajstić information content (AvgIpc) is 2.53. The number of hydrogen-bond donors (Lipinski definition) is 0. The van der Waals surface area contributed by atoms with Crippen molar-refractivity contribution in [1.29, 1.82) is 0 Å². The van der Waals surface area contributed by atoms with E-state index >= 15 is 0 Å². The molecule has 0 aliphatic carbocycles. The Kier molecular flexibility index (Phi) is 1.13. The van der Waals surface area contributed by atoms with Crippen LogP contribution in [0, 0.1) is 0 Å². The molecule has 2 rings (SSSR count). The van der Waals surface area contributed by atoms with Crippen LogP contribution in [-0.4, -0.2) is 41.1 Å². The van der Waals surface area contributed by atoms with Gasteiger partial charge in [-0.05, 0) is 6.42 Å². The standard InChI is InChI=1S/C7H11N3O/c1-6-8(2)7(11)10-5-3-4-9(6)10/h1,3-5H2,2H3. The lowest BCUT2D eigenvalue weighted by molar-refractivity contribution is 0.132. The topological polar surface area (TPSA) is 26.8 Å². The fourth-order valence-corrected chi connectivity index (χ4v) is 1.54. The zero-order valence-corrected chi connectivity index (χ0v) is 6.58. The number of hydrogen-bond acceptors (Lipinski definition) is 2. The molecule has 4 nitrogen and oxygen atoms in total. The van der Waals surface area contributed by atoms with Crippen LogP contribution in [0.5, 0.6) is 0 Å². The van der Waals surface area contributed by atoms with Crippen molar-refractivity contribution in [3.05, 3.63) is 12.4 Å². The predicted octanol–water partition coefficient (Wildman–Crippen LogP) is 0.446. The normalized spacial score (nSPS) is 23.5. The van der Waals surface area contributed by atoms with E-state index in [1.807, 2.05) is 5.01 Å². The zero-order chi connectivity index (χ0) is 8.01.